The average molecular weight is 324 g/mol. The summed E-state index contributed by atoms with van der Waals surface area (Å²) in [5.41, 5.74) is 1.39. The van der Waals surface area contributed by atoms with E-state index < -0.39 is 0 Å². The average Bonchev–Trinajstić information content (AvgIpc) is 3.02. The molecule has 1 unspecified atom stereocenters. The molecule has 0 bridgehead atoms. The van der Waals surface area contributed by atoms with Crippen molar-refractivity contribution < 1.29 is 14.3 Å². The van der Waals surface area contributed by atoms with Gasteiger partial charge in [-0.15, -0.1) is 0 Å². The van der Waals surface area contributed by atoms with Gasteiger partial charge in [-0.1, -0.05) is 0 Å². The molecule has 0 N–H and O–H groups in total. The molecule has 2 aliphatic rings. The summed E-state index contributed by atoms with van der Waals surface area (Å²) in [5.74, 6) is 1.45. The van der Waals surface area contributed by atoms with E-state index in [2.05, 4.69) is 4.99 Å². The molecule has 1 fully saturated rings. The van der Waals surface area contributed by atoms with Crippen molar-refractivity contribution in [2.45, 2.75) is 25.8 Å². The maximum Gasteiger partial charge on any atom is 0.256 e. The number of nitrogens with zero attached hydrogens (tertiary/aromatic N) is 2. The van der Waals surface area contributed by atoms with E-state index in [-0.39, 0.29) is 11.9 Å². The highest BCUT2D eigenvalue weighted by molar-refractivity contribution is 6.07. The van der Waals surface area contributed by atoms with Gasteiger partial charge < -0.3 is 14.4 Å². The van der Waals surface area contributed by atoms with Crippen LogP contribution in [0.3, 0.4) is 0 Å². The summed E-state index contributed by atoms with van der Waals surface area (Å²) < 4.78 is 11.1. The lowest BCUT2D eigenvalue weighted by Crippen LogP contribution is -2.35. The fraction of sp³-hybridized carbons (Fsp3) is 0.368. The van der Waals surface area contributed by atoms with Crippen molar-refractivity contribution in [1.29, 1.82) is 0 Å². The molecule has 5 nitrogen and oxygen atoms in total. The van der Waals surface area contributed by atoms with Crippen LogP contribution in [0.1, 0.15) is 30.1 Å². The molecule has 24 heavy (non-hydrogen) atoms. The van der Waals surface area contributed by atoms with Crippen LogP contribution < -0.4 is 9.47 Å². The third-order valence-electron chi connectivity index (χ3n) is 4.71. The minimum atomic E-state index is 0.0701. The number of hydrogen-bond donors (Lipinski definition) is 0. The molecule has 1 amide bonds. The number of hydrogen-bond acceptors (Lipinski definition) is 4. The van der Waals surface area contributed by atoms with Gasteiger partial charge in [-0.25, -0.2) is 0 Å². The Labute approximate surface area is 140 Å². The largest absolute Gasteiger partial charge is 0.493 e. The van der Waals surface area contributed by atoms with Crippen LogP contribution in [0.15, 0.2) is 29.3 Å². The van der Waals surface area contributed by atoms with Crippen molar-refractivity contribution in [3.05, 3.63) is 29.8 Å². The van der Waals surface area contributed by atoms with Crippen molar-refractivity contribution in [3.8, 4) is 11.5 Å². The number of ether oxygens (including phenoxy) is 2. The highest BCUT2D eigenvalue weighted by atomic mass is 16.5. The summed E-state index contributed by atoms with van der Waals surface area (Å²) in [6, 6.07) is 7.88. The molecule has 0 aromatic heterocycles. The van der Waals surface area contributed by atoms with Gasteiger partial charge in [0.25, 0.3) is 5.91 Å². The van der Waals surface area contributed by atoms with Gasteiger partial charge >= 0.3 is 0 Å². The van der Waals surface area contributed by atoms with Gasteiger partial charge in [-0.3, -0.25) is 9.79 Å². The minimum Gasteiger partial charge on any atom is -0.493 e. The molecule has 124 valence electrons. The lowest BCUT2D eigenvalue weighted by Gasteiger charge is -2.20. The lowest BCUT2D eigenvalue weighted by molar-refractivity contribution is 0.0775. The van der Waals surface area contributed by atoms with E-state index >= 15 is 0 Å². The normalized spacial score (nSPS) is 19.2. The molecule has 0 radical (unpaired) electrons. The quantitative estimate of drug-likeness (QED) is 0.867. The Morgan fingerprint density at radius 1 is 1.21 bits per heavy atom. The van der Waals surface area contributed by atoms with E-state index in [1.165, 1.54) is 0 Å². The zero-order valence-corrected chi connectivity index (χ0v) is 13.9. The first kappa shape index (κ1) is 15.0. The first-order valence-electron chi connectivity index (χ1n) is 8.35. The fourth-order valence-corrected chi connectivity index (χ4v) is 3.52. The molecule has 1 atom stereocenters. The van der Waals surface area contributed by atoms with Gasteiger partial charge in [0.1, 0.15) is 0 Å². The Hall–Kier alpha value is -2.56. The van der Waals surface area contributed by atoms with Gasteiger partial charge in [0.2, 0.25) is 0 Å². The van der Waals surface area contributed by atoms with Gasteiger partial charge in [-0.05, 0) is 54.8 Å². The van der Waals surface area contributed by atoms with Crippen LogP contribution in [0.5, 0.6) is 11.5 Å². The Morgan fingerprint density at radius 3 is 2.79 bits per heavy atom. The number of aliphatic imine (C=N–C) groups is 1. The second-order valence-corrected chi connectivity index (χ2v) is 6.14. The third kappa shape index (κ3) is 2.31. The topological polar surface area (TPSA) is 51.1 Å². The summed E-state index contributed by atoms with van der Waals surface area (Å²) in [6.07, 6.45) is 3.94. The third-order valence-corrected chi connectivity index (χ3v) is 4.71. The van der Waals surface area contributed by atoms with Gasteiger partial charge in [-0.2, -0.15) is 0 Å². The molecule has 2 aromatic rings. The predicted molar refractivity (Wildman–Crippen MR) is 93.9 cm³/mol. The number of fused-ring (bicyclic) bond motifs is 3. The van der Waals surface area contributed by atoms with Crippen molar-refractivity contribution >= 4 is 28.6 Å². The molecule has 0 aliphatic carbocycles. The van der Waals surface area contributed by atoms with Crippen LogP contribution >= 0.6 is 0 Å². The molecular weight excluding hydrogens is 304 g/mol. The molecule has 2 aromatic carbocycles. The van der Waals surface area contributed by atoms with E-state index in [1.807, 2.05) is 42.3 Å². The molecule has 5 heteroatoms. The van der Waals surface area contributed by atoms with Crippen LogP contribution in [0.25, 0.3) is 10.8 Å². The number of amides is 1. The Bertz CT molecular complexity index is 844. The van der Waals surface area contributed by atoms with E-state index in [4.69, 9.17) is 9.47 Å². The molecule has 1 saturated heterocycles. The van der Waals surface area contributed by atoms with E-state index in [0.717, 1.165) is 35.8 Å². The monoisotopic (exact) mass is 324 g/mol. The van der Waals surface area contributed by atoms with E-state index in [1.54, 1.807) is 7.11 Å². The standard InChI is InChI=1S/C19H20N2O3/c1-3-24-18-10-12-7-15-16(8-13(12)9-17(18)23-2)20-11-14-5-4-6-21(14)19(15)22/h7-11,14H,3-6H2,1-2H3. The van der Waals surface area contributed by atoms with Gasteiger partial charge in [0, 0.05) is 12.8 Å². The van der Waals surface area contributed by atoms with Crippen molar-refractivity contribution in [2.24, 2.45) is 4.99 Å². The van der Waals surface area contributed by atoms with Gasteiger partial charge in [0.15, 0.2) is 11.5 Å². The Kier molecular flexibility index (Phi) is 3.63. The zero-order valence-electron chi connectivity index (χ0n) is 13.9. The summed E-state index contributed by atoms with van der Waals surface area (Å²) in [4.78, 5) is 19.4. The van der Waals surface area contributed by atoms with Crippen molar-refractivity contribution in [2.75, 3.05) is 20.3 Å². The molecule has 4 rings (SSSR count). The molecule has 0 saturated carbocycles. The van der Waals surface area contributed by atoms with Gasteiger partial charge in [0.05, 0.1) is 31.0 Å². The molecule has 0 spiro atoms. The van der Waals surface area contributed by atoms with Crippen molar-refractivity contribution in [3.63, 3.8) is 0 Å². The van der Waals surface area contributed by atoms with Crippen LogP contribution in [0, 0.1) is 0 Å². The van der Waals surface area contributed by atoms with Crippen LogP contribution in [-0.2, 0) is 0 Å². The SMILES string of the molecule is CCOc1cc2cc3c(cc2cc1OC)N=CC1CCCN1C3=O. The number of carbonyl (C=O) groups is 1. The van der Waals surface area contributed by atoms with Crippen LogP contribution in [0.4, 0.5) is 5.69 Å². The summed E-state index contributed by atoms with van der Waals surface area (Å²) in [5, 5.41) is 1.94. The second-order valence-electron chi connectivity index (χ2n) is 6.14. The highest BCUT2D eigenvalue weighted by Crippen LogP contribution is 2.37. The Morgan fingerprint density at radius 2 is 2.00 bits per heavy atom. The van der Waals surface area contributed by atoms with E-state index in [0.29, 0.717) is 23.7 Å². The minimum absolute atomic E-state index is 0.0701. The first-order chi connectivity index (χ1) is 11.7. The van der Waals surface area contributed by atoms with Crippen LogP contribution in [0.2, 0.25) is 0 Å². The predicted octanol–water partition coefficient (Wildman–Crippen LogP) is 3.57. The summed E-state index contributed by atoms with van der Waals surface area (Å²) in [6.45, 7) is 3.30. The number of rotatable bonds is 3. The summed E-state index contributed by atoms with van der Waals surface area (Å²) >= 11 is 0. The maximum atomic E-state index is 12.9. The lowest BCUT2D eigenvalue weighted by atomic mass is 10.0. The molecular formula is C19H20N2O3. The van der Waals surface area contributed by atoms with Crippen molar-refractivity contribution in [1.82, 2.24) is 4.90 Å². The fourth-order valence-electron chi connectivity index (χ4n) is 3.52. The highest BCUT2D eigenvalue weighted by Gasteiger charge is 2.31. The number of benzene rings is 2. The summed E-state index contributed by atoms with van der Waals surface area (Å²) in [7, 11) is 1.63. The number of methoxy groups -OCH3 is 1. The molecule has 2 heterocycles. The maximum absolute atomic E-state index is 12.9. The zero-order chi connectivity index (χ0) is 16.7. The Balaban J connectivity index is 1.88. The smallest absolute Gasteiger partial charge is 0.256 e. The first-order valence-corrected chi connectivity index (χ1v) is 8.35. The van der Waals surface area contributed by atoms with Crippen LogP contribution in [-0.4, -0.2) is 43.3 Å². The molecule has 2 aliphatic heterocycles. The number of carbonyl (C=O) groups excluding carboxylic acids is 1. The second kappa shape index (κ2) is 5.82. The van der Waals surface area contributed by atoms with E-state index in [9.17, 15) is 4.79 Å².